The lowest BCUT2D eigenvalue weighted by atomic mass is 10.0. The maximum atomic E-state index is 11.9. The van der Waals surface area contributed by atoms with Crippen molar-refractivity contribution in [3.8, 4) is 11.5 Å². The Labute approximate surface area is 149 Å². The van der Waals surface area contributed by atoms with Crippen LogP contribution in [0.5, 0.6) is 0 Å². The SMILES string of the molecule is CC(=O)NCc1ccc(-c2nc(CN3C(=O)NC(=O)C3(C)C)no2)cc1. The van der Waals surface area contributed by atoms with Crippen molar-refractivity contribution in [2.45, 2.75) is 39.4 Å². The van der Waals surface area contributed by atoms with Gasteiger partial charge in [0, 0.05) is 19.0 Å². The van der Waals surface area contributed by atoms with Crippen molar-refractivity contribution in [3.63, 3.8) is 0 Å². The second-order valence-corrected chi connectivity index (χ2v) is 6.53. The number of hydrogen-bond acceptors (Lipinski definition) is 6. The molecule has 9 heteroatoms. The molecule has 9 nitrogen and oxygen atoms in total. The minimum absolute atomic E-state index is 0.0642. The van der Waals surface area contributed by atoms with Crippen molar-refractivity contribution < 1.29 is 18.9 Å². The number of benzene rings is 1. The molecule has 1 aromatic carbocycles. The lowest BCUT2D eigenvalue weighted by Gasteiger charge is -2.26. The van der Waals surface area contributed by atoms with Gasteiger partial charge in [-0.25, -0.2) is 4.79 Å². The molecule has 0 aliphatic carbocycles. The molecular formula is C17H19N5O4. The second kappa shape index (κ2) is 6.58. The van der Waals surface area contributed by atoms with E-state index < -0.39 is 11.6 Å². The minimum atomic E-state index is -0.969. The highest BCUT2D eigenvalue weighted by atomic mass is 16.5. The Kier molecular flexibility index (Phi) is 4.45. The highest BCUT2D eigenvalue weighted by Gasteiger charge is 2.45. The molecular weight excluding hydrogens is 338 g/mol. The monoisotopic (exact) mass is 357 g/mol. The standard InChI is InChI=1S/C17H19N5O4/c1-10(23)18-8-11-4-6-12(7-5-11)14-19-13(21-26-14)9-22-16(25)20-15(24)17(22,2)3/h4-7H,8-9H2,1-3H3,(H,18,23)(H,20,24,25). The average Bonchev–Trinajstić information content (AvgIpc) is 3.13. The van der Waals surface area contributed by atoms with Crippen LogP contribution in [0.25, 0.3) is 11.5 Å². The van der Waals surface area contributed by atoms with Crippen molar-refractivity contribution in [2.75, 3.05) is 0 Å². The third-order valence-corrected chi connectivity index (χ3v) is 4.21. The Morgan fingerprint density at radius 2 is 1.96 bits per heavy atom. The summed E-state index contributed by atoms with van der Waals surface area (Å²) >= 11 is 0. The third kappa shape index (κ3) is 3.41. The molecule has 1 fully saturated rings. The molecule has 3 rings (SSSR count). The molecule has 1 aliphatic rings. The van der Waals surface area contributed by atoms with Crippen LogP contribution in [0.15, 0.2) is 28.8 Å². The highest BCUT2D eigenvalue weighted by Crippen LogP contribution is 2.24. The van der Waals surface area contributed by atoms with Crippen LogP contribution in [-0.4, -0.2) is 38.4 Å². The molecule has 0 saturated carbocycles. The number of carbonyl (C=O) groups is 3. The summed E-state index contributed by atoms with van der Waals surface area (Å²) in [4.78, 5) is 40.3. The van der Waals surface area contributed by atoms with E-state index in [4.69, 9.17) is 4.52 Å². The predicted molar refractivity (Wildman–Crippen MR) is 90.4 cm³/mol. The summed E-state index contributed by atoms with van der Waals surface area (Å²) in [5.41, 5.74) is 0.692. The summed E-state index contributed by atoms with van der Waals surface area (Å²) in [6.07, 6.45) is 0. The number of urea groups is 1. The molecule has 1 saturated heterocycles. The molecule has 1 aliphatic heterocycles. The Morgan fingerprint density at radius 3 is 2.54 bits per heavy atom. The smallest absolute Gasteiger partial charge is 0.325 e. The second-order valence-electron chi connectivity index (χ2n) is 6.53. The first kappa shape index (κ1) is 17.6. The Balaban J connectivity index is 1.71. The molecule has 1 aromatic heterocycles. The quantitative estimate of drug-likeness (QED) is 0.777. The van der Waals surface area contributed by atoms with Gasteiger partial charge in [0.15, 0.2) is 5.82 Å². The van der Waals surface area contributed by atoms with E-state index in [2.05, 4.69) is 20.8 Å². The summed E-state index contributed by atoms with van der Waals surface area (Å²) in [5, 5.41) is 8.88. The highest BCUT2D eigenvalue weighted by molar-refractivity contribution is 6.06. The van der Waals surface area contributed by atoms with E-state index in [9.17, 15) is 14.4 Å². The molecule has 26 heavy (non-hydrogen) atoms. The third-order valence-electron chi connectivity index (χ3n) is 4.21. The lowest BCUT2D eigenvalue weighted by molar-refractivity contribution is -0.125. The summed E-state index contributed by atoms with van der Waals surface area (Å²) in [6.45, 7) is 5.28. The number of nitrogens with one attached hydrogen (secondary N) is 2. The molecule has 0 unspecified atom stereocenters. The van der Waals surface area contributed by atoms with Crippen molar-refractivity contribution >= 4 is 17.8 Å². The van der Waals surface area contributed by atoms with Gasteiger partial charge in [0.2, 0.25) is 5.91 Å². The first-order valence-electron chi connectivity index (χ1n) is 8.07. The zero-order chi connectivity index (χ0) is 18.9. The van der Waals surface area contributed by atoms with E-state index in [1.165, 1.54) is 11.8 Å². The van der Waals surface area contributed by atoms with Gasteiger partial charge in [-0.05, 0) is 31.5 Å². The van der Waals surface area contributed by atoms with E-state index >= 15 is 0 Å². The van der Waals surface area contributed by atoms with Gasteiger partial charge in [-0.3, -0.25) is 14.9 Å². The number of amides is 4. The molecule has 0 spiro atoms. The molecule has 4 amide bonds. The normalized spacial score (nSPS) is 15.9. The van der Waals surface area contributed by atoms with Crippen LogP contribution in [0, 0.1) is 0 Å². The maximum absolute atomic E-state index is 11.9. The molecule has 0 bridgehead atoms. The van der Waals surface area contributed by atoms with Crippen LogP contribution in [0.2, 0.25) is 0 Å². The van der Waals surface area contributed by atoms with E-state index in [-0.39, 0.29) is 18.4 Å². The van der Waals surface area contributed by atoms with Crippen molar-refractivity contribution in [2.24, 2.45) is 0 Å². The van der Waals surface area contributed by atoms with Gasteiger partial charge in [0.05, 0.1) is 6.54 Å². The van der Waals surface area contributed by atoms with Crippen LogP contribution >= 0.6 is 0 Å². The van der Waals surface area contributed by atoms with E-state index in [0.29, 0.717) is 18.3 Å². The first-order chi connectivity index (χ1) is 12.3. The maximum Gasteiger partial charge on any atom is 0.325 e. The Hall–Kier alpha value is -3.23. The van der Waals surface area contributed by atoms with Crippen LogP contribution in [0.4, 0.5) is 4.79 Å². The van der Waals surface area contributed by atoms with E-state index in [1.54, 1.807) is 13.8 Å². The predicted octanol–water partition coefficient (Wildman–Crippen LogP) is 1.20. The number of imide groups is 1. The van der Waals surface area contributed by atoms with Crippen molar-refractivity contribution in [3.05, 3.63) is 35.7 Å². The first-order valence-corrected chi connectivity index (χ1v) is 8.07. The molecule has 0 atom stereocenters. The average molecular weight is 357 g/mol. The van der Waals surface area contributed by atoms with Gasteiger partial charge < -0.3 is 14.7 Å². The van der Waals surface area contributed by atoms with Crippen molar-refractivity contribution in [1.29, 1.82) is 0 Å². The van der Waals surface area contributed by atoms with Crippen LogP contribution in [0.1, 0.15) is 32.2 Å². The molecule has 2 aromatic rings. The van der Waals surface area contributed by atoms with Gasteiger partial charge in [0.1, 0.15) is 5.54 Å². The largest absolute Gasteiger partial charge is 0.352 e. The number of hydrogen-bond donors (Lipinski definition) is 2. The molecule has 136 valence electrons. The molecule has 2 heterocycles. The van der Waals surface area contributed by atoms with Gasteiger partial charge in [-0.2, -0.15) is 4.98 Å². The van der Waals surface area contributed by atoms with Crippen LogP contribution in [0.3, 0.4) is 0 Å². The number of carbonyl (C=O) groups excluding carboxylic acids is 3. The topological polar surface area (TPSA) is 117 Å². The summed E-state index contributed by atoms with van der Waals surface area (Å²) in [6, 6.07) is 6.85. The Morgan fingerprint density at radius 1 is 1.27 bits per heavy atom. The van der Waals surface area contributed by atoms with Gasteiger partial charge in [-0.15, -0.1) is 0 Å². The zero-order valence-corrected chi connectivity index (χ0v) is 14.7. The number of aromatic nitrogens is 2. The fourth-order valence-electron chi connectivity index (χ4n) is 2.53. The lowest BCUT2D eigenvalue weighted by Crippen LogP contribution is -2.43. The van der Waals surface area contributed by atoms with Gasteiger partial charge in [-0.1, -0.05) is 17.3 Å². The Bertz CT molecular complexity index is 856. The fraction of sp³-hybridized carbons (Fsp3) is 0.353. The zero-order valence-electron chi connectivity index (χ0n) is 14.7. The fourth-order valence-corrected chi connectivity index (χ4v) is 2.53. The van der Waals surface area contributed by atoms with Crippen LogP contribution < -0.4 is 10.6 Å². The summed E-state index contributed by atoms with van der Waals surface area (Å²) in [7, 11) is 0. The minimum Gasteiger partial charge on any atom is -0.352 e. The molecule has 0 radical (unpaired) electrons. The number of rotatable bonds is 5. The van der Waals surface area contributed by atoms with Gasteiger partial charge in [0.25, 0.3) is 11.8 Å². The summed E-state index contributed by atoms with van der Waals surface area (Å²) < 4.78 is 5.26. The van der Waals surface area contributed by atoms with E-state index in [0.717, 1.165) is 11.1 Å². The summed E-state index contributed by atoms with van der Waals surface area (Å²) in [5.74, 6) is 0.166. The number of nitrogens with zero attached hydrogens (tertiary/aromatic N) is 3. The van der Waals surface area contributed by atoms with Crippen LogP contribution in [-0.2, 0) is 22.7 Å². The molecule has 2 N–H and O–H groups in total. The van der Waals surface area contributed by atoms with Crippen molar-refractivity contribution in [1.82, 2.24) is 25.7 Å². The van der Waals surface area contributed by atoms with Gasteiger partial charge >= 0.3 is 6.03 Å². The van der Waals surface area contributed by atoms with E-state index in [1.807, 2.05) is 24.3 Å².